The van der Waals surface area contributed by atoms with E-state index in [1.807, 2.05) is 0 Å². The number of carbonyl (C=O) groups excluding carboxylic acids is 3. The first kappa shape index (κ1) is 27.2. The van der Waals surface area contributed by atoms with Gasteiger partial charge < -0.3 is 14.2 Å². The Morgan fingerprint density at radius 2 is 1.40 bits per heavy atom. The lowest BCUT2D eigenvalue weighted by Gasteiger charge is -2.19. The number of anilines is 2. The van der Waals surface area contributed by atoms with Crippen molar-refractivity contribution in [3.05, 3.63) is 121 Å². The third-order valence-electron chi connectivity index (χ3n) is 5.97. The second-order valence-corrected chi connectivity index (χ2v) is 9.72. The quantitative estimate of drug-likeness (QED) is 0.210. The molecule has 0 saturated heterocycles. The lowest BCUT2D eigenvalue weighted by atomic mass is 10.2. The van der Waals surface area contributed by atoms with Crippen molar-refractivity contribution in [1.82, 2.24) is 14.5 Å². The van der Waals surface area contributed by atoms with Crippen LogP contribution in [0, 0.1) is 0 Å². The number of nitrogens with zero attached hydrogens (tertiary/aromatic N) is 4. The molecule has 3 aromatic carbocycles. The van der Waals surface area contributed by atoms with Crippen LogP contribution in [0.25, 0.3) is 10.9 Å². The molecular formula is C31H21N5O6S. The van der Waals surface area contributed by atoms with Crippen LogP contribution in [-0.2, 0) is 0 Å². The molecule has 0 saturated carbocycles. The average molecular weight is 592 g/mol. The minimum atomic E-state index is -1.02. The van der Waals surface area contributed by atoms with Gasteiger partial charge in [0, 0.05) is 35.4 Å². The number of hydrogen-bond donors (Lipinski definition) is 1. The van der Waals surface area contributed by atoms with E-state index in [-0.39, 0.29) is 29.1 Å². The first-order chi connectivity index (χ1) is 21.0. The molecule has 3 amide bonds. The molecule has 0 radical (unpaired) electrons. The molecule has 1 N–H and O–H groups in total. The molecule has 0 fully saturated rings. The summed E-state index contributed by atoms with van der Waals surface area (Å²) in [6.45, 7) is 0. The summed E-state index contributed by atoms with van der Waals surface area (Å²) >= 11 is 1.32. The summed E-state index contributed by atoms with van der Waals surface area (Å²) in [7, 11) is 0. The number of fused-ring (bicyclic) bond motifs is 1. The number of para-hydroxylation sites is 2. The van der Waals surface area contributed by atoms with Crippen molar-refractivity contribution in [1.29, 1.82) is 0 Å². The van der Waals surface area contributed by atoms with Crippen LogP contribution in [0.1, 0.15) is 0 Å². The monoisotopic (exact) mass is 591 g/mol. The van der Waals surface area contributed by atoms with Gasteiger partial charge in [-0.2, -0.15) is 4.90 Å². The van der Waals surface area contributed by atoms with E-state index in [9.17, 15) is 14.4 Å². The molecular weight excluding hydrogens is 570 g/mol. The number of nitrogens with one attached hydrogen (secondary N) is 1. The number of imide groups is 1. The Kier molecular flexibility index (Phi) is 7.74. The van der Waals surface area contributed by atoms with Crippen LogP contribution in [0.3, 0.4) is 0 Å². The van der Waals surface area contributed by atoms with E-state index < -0.39 is 12.2 Å². The van der Waals surface area contributed by atoms with Crippen LogP contribution in [0.4, 0.5) is 25.3 Å². The Balaban J connectivity index is 1.24. The van der Waals surface area contributed by atoms with E-state index in [0.717, 1.165) is 5.39 Å². The van der Waals surface area contributed by atoms with Gasteiger partial charge in [-0.25, -0.2) is 24.4 Å². The Morgan fingerprint density at radius 3 is 2.05 bits per heavy atom. The number of hydrogen-bond acceptors (Lipinski definition) is 9. The fourth-order valence-corrected chi connectivity index (χ4v) is 4.57. The minimum Gasteiger partial charge on any atom is -0.457 e. The number of benzene rings is 3. The van der Waals surface area contributed by atoms with Crippen LogP contribution in [0.15, 0.2) is 121 Å². The topological polar surface area (TPSA) is 125 Å². The number of thiazole rings is 1. The van der Waals surface area contributed by atoms with E-state index in [1.165, 1.54) is 28.2 Å². The normalized spacial score (nSPS) is 10.6. The zero-order valence-electron chi connectivity index (χ0n) is 22.2. The second-order valence-electron chi connectivity index (χ2n) is 8.82. The highest BCUT2D eigenvalue weighted by molar-refractivity contribution is 7.13. The highest BCUT2D eigenvalue weighted by atomic mass is 32.1. The predicted molar refractivity (Wildman–Crippen MR) is 160 cm³/mol. The lowest BCUT2D eigenvalue weighted by Crippen LogP contribution is -2.41. The number of rotatable bonds is 6. The van der Waals surface area contributed by atoms with Gasteiger partial charge >= 0.3 is 18.2 Å². The Labute approximate surface area is 248 Å². The molecule has 212 valence electrons. The summed E-state index contributed by atoms with van der Waals surface area (Å²) in [5.74, 6) is 1.13. The van der Waals surface area contributed by atoms with Crippen LogP contribution < -0.4 is 24.4 Å². The summed E-state index contributed by atoms with van der Waals surface area (Å²) in [6, 6.07) is 26.3. The van der Waals surface area contributed by atoms with Gasteiger partial charge in [-0.3, -0.25) is 9.88 Å². The summed E-state index contributed by atoms with van der Waals surface area (Å²) in [5.41, 5.74) is 0.662. The van der Waals surface area contributed by atoms with Gasteiger partial charge in [0.1, 0.15) is 23.0 Å². The molecule has 6 aromatic rings. The fraction of sp³-hybridized carbons (Fsp3) is 0. The largest absolute Gasteiger partial charge is 0.457 e. The molecule has 12 heteroatoms. The van der Waals surface area contributed by atoms with Crippen molar-refractivity contribution in [3.8, 4) is 23.0 Å². The number of ether oxygens (including phenoxy) is 3. The van der Waals surface area contributed by atoms with Gasteiger partial charge in [0.15, 0.2) is 10.9 Å². The van der Waals surface area contributed by atoms with Crippen molar-refractivity contribution in [2.45, 2.75) is 0 Å². The van der Waals surface area contributed by atoms with E-state index in [0.29, 0.717) is 21.3 Å². The Morgan fingerprint density at radius 1 is 0.721 bits per heavy atom. The third kappa shape index (κ3) is 6.34. The van der Waals surface area contributed by atoms with Crippen molar-refractivity contribution < 1.29 is 28.6 Å². The van der Waals surface area contributed by atoms with Gasteiger partial charge in [0.2, 0.25) is 0 Å². The van der Waals surface area contributed by atoms with Gasteiger partial charge in [-0.15, -0.1) is 11.3 Å². The maximum Gasteiger partial charge on any atom is 0.430 e. The summed E-state index contributed by atoms with van der Waals surface area (Å²) < 4.78 is 18.3. The molecule has 11 nitrogen and oxygen atoms in total. The maximum absolute atomic E-state index is 13.2. The molecule has 0 atom stereocenters. The highest BCUT2D eigenvalue weighted by Gasteiger charge is 2.29. The third-order valence-corrected chi connectivity index (χ3v) is 6.66. The highest BCUT2D eigenvalue weighted by Crippen LogP contribution is 2.29. The Bertz CT molecular complexity index is 1840. The van der Waals surface area contributed by atoms with Crippen LogP contribution in [-0.4, -0.2) is 32.8 Å². The molecule has 0 aliphatic carbocycles. The van der Waals surface area contributed by atoms with Gasteiger partial charge in [0.05, 0.1) is 5.52 Å². The van der Waals surface area contributed by atoms with Gasteiger partial charge in [0.25, 0.3) is 0 Å². The second kappa shape index (κ2) is 12.2. The molecule has 6 rings (SSSR count). The molecule has 0 bridgehead atoms. The van der Waals surface area contributed by atoms with E-state index >= 15 is 0 Å². The zero-order chi connectivity index (χ0) is 29.6. The predicted octanol–water partition coefficient (Wildman–Crippen LogP) is 7.57. The lowest BCUT2D eigenvalue weighted by molar-refractivity contribution is 0.190. The van der Waals surface area contributed by atoms with Crippen molar-refractivity contribution >= 4 is 51.4 Å². The minimum absolute atomic E-state index is 0.0783. The van der Waals surface area contributed by atoms with Crippen molar-refractivity contribution in [2.75, 3.05) is 10.2 Å². The fourth-order valence-electron chi connectivity index (χ4n) is 4.05. The standard InChI is InChI=1S/C31H21N5O6S/c37-29(34-28-33-16-18-43-28)35-17-14-21-19-24(11-12-26(21)35)40-25-13-15-32-27(20-25)36(30(38)41-22-7-3-1-4-8-22)31(39)42-23-9-5-2-6-10-23/h1-20H,(H,33,34,37). The number of aromatic nitrogens is 3. The SMILES string of the molecule is O=C(Oc1ccccc1)N(C(=O)Oc1ccccc1)c1cc(Oc2ccc3c(ccn3C(=O)Nc3nccs3)c2)ccn1. The number of pyridine rings is 1. The maximum atomic E-state index is 13.2. The van der Waals surface area contributed by atoms with Crippen LogP contribution in [0.2, 0.25) is 0 Å². The van der Waals surface area contributed by atoms with Crippen molar-refractivity contribution in [2.24, 2.45) is 0 Å². The Hall–Kier alpha value is -6.01. The molecule has 3 aromatic heterocycles. The van der Waals surface area contributed by atoms with E-state index in [2.05, 4.69) is 15.3 Å². The van der Waals surface area contributed by atoms with E-state index in [1.54, 1.807) is 109 Å². The van der Waals surface area contributed by atoms with Crippen LogP contribution >= 0.6 is 11.3 Å². The molecule has 0 aliphatic heterocycles. The number of amides is 3. The van der Waals surface area contributed by atoms with Gasteiger partial charge in [-0.1, -0.05) is 36.4 Å². The molecule has 0 aliphatic rings. The summed E-state index contributed by atoms with van der Waals surface area (Å²) in [4.78, 5) is 48.1. The van der Waals surface area contributed by atoms with Gasteiger partial charge in [-0.05, 0) is 54.6 Å². The molecule has 0 unspecified atom stereocenters. The van der Waals surface area contributed by atoms with E-state index in [4.69, 9.17) is 14.2 Å². The smallest absolute Gasteiger partial charge is 0.430 e. The molecule has 0 spiro atoms. The molecule has 3 heterocycles. The summed E-state index contributed by atoms with van der Waals surface area (Å²) in [6.07, 6.45) is 2.61. The van der Waals surface area contributed by atoms with Crippen molar-refractivity contribution in [3.63, 3.8) is 0 Å². The average Bonchev–Trinajstić information content (AvgIpc) is 3.68. The summed E-state index contributed by atoms with van der Waals surface area (Å²) in [5, 5.41) is 5.77. The first-order valence-electron chi connectivity index (χ1n) is 12.8. The number of carbonyl (C=O) groups is 3. The zero-order valence-corrected chi connectivity index (χ0v) is 23.0. The van der Waals surface area contributed by atoms with Crippen LogP contribution in [0.5, 0.6) is 23.0 Å². The first-order valence-corrected chi connectivity index (χ1v) is 13.7. The molecule has 43 heavy (non-hydrogen) atoms.